The van der Waals surface area contributed by atoms with Gasteiger partial charge >= 0.3 is 0 Å². The first kappa shape index (κ1) is 20.9. The average Bonchev–Trinajstić information content (AvgIpc) is 2.63. The molecule has 0 bridgehead atoms. The van der Waals surface area contributed by atoms with Crippen LogP contribution in [0.25, 0.3) is 0 Å². The predicted octanol–water partition coefficient (Wildman–Crippen LogP) is 4.31. The molecule has 0 aliphatic heterocycles. The lowest BCUT2D eigenvalue weighted by atomic mass is 10.2. The van der Waals surface area contributed by atoms with Gasteiger partial charge in [0.15, 0.2) is 6.61 Å². The highest BCUT2D eigenvalue weighted by atomic mass is 79.9. The van der Waals surface area contributed by atoms with Crippen molar-refractivity contribution in [2.24, 2.45) is 5.10 Å². The first-order valence-electron chi connectivity index (χ1n) is 8.10. The van der Waals surface area contributed by atoms with Gasteiger partial charge in [-0.2, -0.15) is 5.10 Å². The van der Waals surface area contributed by atoms with Gasteiger partial charge in [0.25, 0.3) is 5.91 Å². The van der Waals surface area contributed by atoms with E-state index in [0.29, 0.717) is 22.2 Å². The summed E-state index contributed by atoms with van der Waals surface area (Å²) in [5.41, 5.74) is 4.35. The van der Waals surface area contributed by atoms with Crippen LogP contribution in [0, 0.1) is 6.92 Å². The van der Waals surface area contributed by atoms with Crippen molar-refractivity contribution in [3.63, 3.8) is 0 Å². The average molecular weight is 453 g/mol. The molecule has 2 rings (SSSR count). The molecular weight excluding hydrogens is 434 g/mol. The second-order valence-electron chi connectivity index (χ2n) is 5.79. The number of hydrazone groups is 1. The molecule has 0 saturated heterocycles. The number of nitrogens with zero attached hydrogens (tertiary/aromatic N) is 1. The molecule has 2 N–H and O–H groups in total. The van der Waals surface area contributed by atoms with Crippen LogP contribution >= 0.6 is 27.5 Å². The van der Waals surface area contributed by atoms with Gasteiger partial charge in [-0.3, -0.25) is 9.59 Å². The summed E-state index contributed by atoms with van der Waals surface area (Å²) < 4.78 is 6.38. The Balaban J connectivity index is 1.78. The Morgan fingerprint density at radius 2 is 1.93 bits per heavy atom. The lowest BCUT2D eigenvalue weighted by molar-refractivity contribution is -0.123. The van der Waals surface area contributed by atoms with E-state index >= 15 is 0 Å². The van der Waals surface area contributed by atoms with Gasteiger partial charge in [-0.05, 0) is 49.7 Å². The lowest BCUT2D eigenvalue weighted by Gasteiger charge is -2.08. The van der Waals surface area contributed by atoms with Gasteiger partial charge in [0.1, 0.15) is 5.75 Å². The van der Waals surface area contributed by atoms with Gasteiger partial charge in [0.2, 0.25) is 5.91 Å². The SMILES string of the molecule is CC(CC(=O)Nc1ccccc1Cl)=NNC(=O)COc1ccc(Br)c(C)c1. The number of carbonyl (C=O) groups is 2. The van der Waals surface area contributed by atoms with Crippen LogP contribution in [0.1, 0.15) is 18.9 Å². The Labute approximate surface area is 171 Å². The normalized spacial score (nSPS) is 11.0. The molecule has 0 aromatic heterocycles. The summed E-state index contributed by atoms with van der Waals surface area (Å²) in [6.45, 7) is 3.40. The number of amides is 2. The predicted molar refractivity (Wildman–Crippen MR) is 110 cm³/mol. The third-order valence-electron chi connectivity index (χ3n) is 3.44. The summed E-state index contributed by atoms with van der Waals surface area (Å²) in [6, 6.07) is 12.4. The third kappa shape index (κ3) is 7.03. The number of hydrogen-bond acceptors (Lipinski definition) is 4. The molecule has 142 valence electrons. The molecule has 2 aromatic rings. The smallest absolute Gasteiger partial charge is 0.277 e. The largest absolute Gasteiger partial charge is 0.484 e. The Morgan fingerprint density at radius 3 is 2.63 bits per heavy atom. The van der Waals surface area contributed by atoms with Gasteiger partial charge in [0.05, 0.1) is 17.1 Å². The zero-order chi connectivity index (χ0) is 19.8. The number of para-hydroxylation sites is 1. The fourth-order valence-corrected chi connectivity index (χ4v) is 2.50. The number of rotatable bonds is 7. The Bertz CT molecular complexity index is 871. The summed E-state index contributed by atoms with van der Waals surface area (Å²) in [5.74, 6) is -0.104. The summed E-state index contributed by atoms with van der Waals surface area (Å²) in [4.78, 5) is 23.8. The van der Waals surface area contributed by atoms with Gasteiger partial charge in [-0.1, -0.05) is 39.7 Å². The standard InChI is InChI=1S/C19H19BrClN3O3/c1-12-9-14(7-8-15(12)20)27-11-19(26)24-23-13(2)10-18(25)22-17-6-4-3-5-16(17)21/h3-9H,10-11H2,1-2H3,(H,22,25)(H,24,26). The minimum Gasteiger partial charge on any atom is -0.484 e. The summed E-state index contributed by atoms with van der Waals surface area (Å²) in [5, 5.41) is 7.05. The number of hydrogen-bond donors (Lipinski definition) is 2. The Kier molecular flexibility index (Phi) is 7.82. The maximum Gasteiger partial charge on any atom is 0.277 e. The van der Waals surface area contributed by atoms with Crippen molar-refractivity contribution in [3.05, 3.63) is 57.5 Å². The fraction of sp³-hybridized carbons (Fsp3) is 0.211. The van der Waals surface area contributed by atoms with Crippen molar-refractivity contribution in [2.75, 3.05) is 11.9 Å². The summed E-state index contributed by atoms with van der Waals surface area (Å²) >= 11 is 9.39. The van der Waals surface area contributed by atoms with Gasteiger partial charge in [0, 0.05) is 10.2 Å². The van der Waals surface area contributed by atoms with Crippen LogP contribution in [0.3, 0.4) is 0 Å². The Hall–Kier alpha value is -2.38. The molecule has 6 nitrogen and oxygen atoms in total. The lowest BCUT2D eigenvalue weighted by Crippen LogP contribution is -2.26. The number of nitrogens with one attached hydrogen (secondary N) is 2. The van der Waals surface area contributed by atoms with Gasteiger partial charge < -0.3 is 10.1 Å². The monoisotopic (exact) mass is 451 g/mol. The molecule has 0 atom stereocenters. The van der Waals surface area contributed by atoms with E-state index in [0.717, 1.165) is 10.0 Å². The maximum absolute atomic E-state index is 12.0. The van der Waals surface area contributed by atoms with Crippen molar-refractivity contribution >= 4 is 50.7 Å². The molecule has 0 saturated carbocycles. The van der Waals surface area contributed by atoms with Gasteiger partial charge in [-0.15, -0.1) is 0 Å². The molecule has 0 radical (unpaired) electrons. The summed E-state index contributed by atoms with van der Waals surface area (Å²) in [7, 11) is 0. The second kappa shape index (κ2) is 10.1. The van der Waals surface area contributed by atoms with Crippen molar-refractivity contribution in [1.82, 2.24) is 5.43 Å². The molecular formula is C19H19BrClN3O3. The van der Waals surface area contributed by atoms with Crippen LogP contribution < -0.4 is 15.5 Å². The van der Waals surface area contributed by atoms with E-state index in [-0.39, 0.29) is 18.9 Å². The number of anilines is 1. The van der Waals surface area contributed by atoms with Crippen LogP contribution in [0.5, 0.6) is 5.75 Å². The Morgan fingerprint density at radius 1 is 1.19 bits per heavy atom. The van der Waals surface area contributed by atoms with E-state index in [1.165, 1.54) is 0 Å². The molecule has 0 aliphatic rings. The molecule has 2 amide bonds. The van der Waals surface area contributed by atoms with Crippen molar-refractivity contribution < 1.29 is 14.3 Å². The number of halogens is 2. The van der Waals surface area contributed by atoms with Crippen LogP contribution in [0.15, 0.2) is 52.0 Å². The molecule has 8 heteroatoms. The highest BCUT2D eigenvalue weighted by Gasteiger charge is 2.08. The van der Waals surface area contributed by atoms with Crippen molar-refractivity contribution in [1.29, 1.82) is 0 Å². The van der Waals surface area contributed by atoms with Crippen molar-refractivity contribution in [2.45, 2.75) is 20.3 Å². The van der Waals surface area contributed by atoms with Crippen LogP contribution in [0.2, 0.25) is 5.02 Å². The highest BCUT2D eigenvalue weighted by Crippen LogP contribution is 2.21. The van der Waals surface area contributed by atoms with Crippen LogP contribution in [-0.4, -0.2) is 24.1 Å². The van der Waals surface area contributed by atoms with E-state index < -0.39 is 5.91 Å². The minimum absolute atomic E-state index is 0.0261. The summed E-state index contributed by atoms with van der Waals surface area (Å²) in [6.07, 6.45) is 0.0261. The van der Waals surface area contributed by atoms with Crippen LogP contribution in [-0.2, 0) is 9.59 Å². The number of benzene rings is 2. The molecule has 2 aromatic carbocycles. The second-order valence-corrected chi connectivity index (χ2v) is 7.05. The molecule has 0 fully saturated rings. The minimum atomic E-state index is -0.415. The van der Waals surface area contributed by atoms with Crippen molar-refractivity contribution in [3.8, 4) is 5.75 Å². The number of aryl methyl sites for hydroxylation is 1. The van der Waals surface area contributed by atoms with Gasteiger partial charge in [-0.25, -0.2) is 5.43 Å². The highest BCUT2D eigenvalue weighted by molar-refractivity contribution is 9.10. The number of ether oxygens (including phenoxy) is 1. The molecule has 0 aliphatic carbocycles. The van der Waals surface area contributed by atoms with E-state index in [4.69, 9.17) is 16.3 Å². The first-order chi connectivity index (χ1) is 12.8. The quantitative estimate of drug-likeness (QED) is 0.485. The van der Waals surface area contributed by atoms with Crippen LogP contribution in [0.4, 0.5) is 5.69 Å². The third-order valence-corrected chi connectivity index (χ3v) is 4.65. The first-order valence-corrected chi connectivity index (χ1v) is 9.27. The molecule has 0 heterocycles. The zero-order valence-electron chi connectivity index (χ0n) is 14.9. The maximum atomic E-state index is 12.0. The number of carbonyl (C=O) groups excluding carboxylic acids is 2. The zero-order valence-corrected chi connectivity index (χ0v) is 17.2. The van der Waals surface area contributed by atoms with E-state index in [1.807, 2.05) is 19.1 Å². The van der Waals surface area contributed by atoms with E-state index in [1.54, 1.807) is 37.3 Å². The molecule has 0 spiro atoms. The molecule has 0 unspecified atom stereocenters. The van der Waals surface area contributed by atoms with E-state index in [2.05, 4.69) is 31.8 Å². The molecule has 27 heavy (non-hydrogen) atoms. The topological polar surface area (TPSA) is 79.8 Å². The van der Waals surface area contributed by atoms with E-state index in [9.17, 15) is 9.59 Å². The fourth-order valence-electron chi connectivity index (χ4n) is 2.07.